The van der Waals surface area contributed by atoms with Crippen LogP contribution in [0.3, 0.4) is 0 Å². The molecular weight excluding hydrogens is 242 g/mol. The second-order valence-electron chi connectivity index (χ2n) is 4.39. The molecule has 0 saturated carbocycles. The first-order chi connectivity index (χ1) is 9.40. The third-order valence-electron chi connectivity index (χ3n) is 3.02. The van der Waals surface area contributed by atoms with Crippen molar-refractivity contribution in [2.45, 2.75) is 6.42 Å². The number of aliphatic hydroxyl groups is 1. The van der Waals surface area contributed by atoms with Crippen molar-refractivity contribution in [1.82, 2.24) is 5.32 Å². The van der Waals surface area contributed by atoms with Gasteiger partial charge >= 0.3 is 0 Å². The number of hydrogen-bond acceptors (Lipinski definition) is 4. The lowest BCUT2D eigenvalue weighted by atomic mass is 10.0. The van der Waals surface area contributed by atoms with Crippen molar-refractivity contribution in [1.29, 1.82) is 0 Å². The van der Waals surface area contributed by atoms with Gasteiger partial charge in [0.25, 0.3) is 0 Å². The van der Waals surface area contributed by atoms with Crippen molar-refractivity contribution in [3.05, 3.63) is 35.9 Å². The zero-order valence-corrected chi connectivity index (χ0v) is 11.1. The summed E-state index contributed by atoms with van der Waals surface area (Å²) in [5, 5.41) is 11.9. The number of benzene rings is 1. The maximum absolute atomic E-state index is 8.56. The predicted molar refractivity (Wildman–Crippen MR) is 75.3 cm³/mol. The Morgan fingerprint density at radius 1 is 1.11 bits per heavy atom. The Hall–Kier alpha value is -1.36. The highest BCUT2D eigenvalue weighted by atomic mass is 16.5. The maximum atomic E-state index is 8.56. The van der Waals surface area contributed by atoms with Crippen molar-refractivity contribution in [3.63, 3.8) is 0 Å². The molecule has 1 aliphatic rings. The van der Waals surface area contributed by atoms with Gasteiger partial charge in [-0.1, -0.05) is 18.2 Å². The smallest absolute Gasteiger partial charge is 0.119 e. The summed E-state index contributed by atoms with van der Waals surface area (Å²) in [6, 6.07) is 8.18. The van der Waals surface area contributed by atoms with Crippen molar-refractivity contribution in [3.8, 4) is 5.75 Å². The van der Waals surface area contributed by atoms with Gasteiger partial charge in [0.15, 0.2) is 0 Å². The summed E-state index contributed by atoms with van der Waals surface area (Å²) in [6.07, 6.45) is 3.32. The Bertz CT molecular complexity index is 400. The molecule has 0 radical (unpaired) electrons. The van der Waals surface area contributed by atoms with Crippen LogP contribution in [0.15, 0.2) is 30.3 Å². The van der Waals surface area contributed by atoms with Crippen LogP contribution in [0.2, 0.25) is 0 Å². The predicted octanol–water partition coefficient (Wildman–Crippen LogP) is 1.45. The molecule has 2 rings (SSSR count). The van der Waals surface area contributed by atoms with Gasteiger partial charge in [0.2, 0.25) is 0 Å². The molecule has 0 aliphatic carbocycles. The van der Waals surface area contributed by atoms with E-state index in [2.05, 4.69) is 23.5 Å². The Balaban J connectivity index is 1.79. The maximum Gasteiger partial charge on any atom is 0.119 e. The fourth-order valence-electron chi connectivity index (χ4n) is 2.04. The molecule has 19 heavy (non-hydrogen) atoms. The van der Waals surface area contributed by atoms with Crippen LogP contribution in [0.1, 0.15) is 12.0 Å². The lowest BCUT2D eigenvalue weighted by Crippen LogP contribution is -2.19. The van der Waals surface area contributed by atoms with E-state index in [4.69, 9.17) is 14.6 Å². The molecule has 0 atom stereocenters. The minimum absolute atomic E-state index is 0.0542. The van der Waals surface area contributed by atoms with Crippen molar-refractivity contribution < 1.29 is 14.6 Å². The van der Waals surface area contributed by atoms with E-state index in [0.717, 1.165) is 25.3 Å². The summed E-state index contributed by atoms with van der Waals surface area (Å²) in [6.45, 7) is 3.43. The van der Waals surface area contributed by atoms with Gasteiger partial charge in [0.05, 0.1) is 19.8 Å². The lowest BCUT2D eigenvalue weighted by Gasteiger charge is -2.14. The van der Waals surface area contributed by atoms with Crippen LogP contribution >= 0.6 is 0 Å². The number of nitrogens with one attached hydrogen (secondary N) is 1. The van der Waals surface area contributed by atoms with Gasteiger partial charge in [-0.3, -0.25) is 0 Å². The van der Waals surface area contributed by atoms with Gasteiger partial charge in [0.1, 0.15) is 12.4 Å². The zero-order chi connectivity index (χ0) is 13.3. The van der Waals surface area contributed by atoms with Crippen molar-refractivity contribution in [2.75, 3.05) is 39.5 Å². The molecule has 4 nitrogen and oxygen atoms in total. The van der Waals surface area contributed by atoms with Gasteiger partial charge in [-0.15, -0.1) is 0 Å². The third-order valence-corrected chi connectivity index (χ3v) is 3.02. The number of rotatable bonds is 7. The first-order valence-corrected chi connectivity index (χ1v) is 6.72. The van der Waals surface area contributed by atoms with Crippen LogP contribution in [0.4, 0.5) is 0 Å². The van der Waals surface area contributed by atoms with Gasteiger partial charge in [-0.25, -0.2) is 0 Å². The monoisotopic (exact) mass is 263 g/mol. The number of ether oxygens (including phenoxy) is 2. The Morgan fingerprint density at radius 2 is 1.95 bits per heavy atom. The van der Waals surface area contributed by atoms with E-state index >= 15 is 0 Å². The first-order valence-electron chi connectivity index (χ1n) is 6.72. The van der Waals surface area contributed by atoms with Gasteiger partial charge in [-0.2, -0.15) is 0 Å². The molecule has 1 heterocycles. The summed E-state index contributed by atoms with van der Waals surface area (Å²) in [4.78, 5) is 0. The van der Waals surface area contributed by atoms with Gasteiger partial charge in [-0.05, 0) is 36.2 Å². The van der Waals surface area contributed by atoms with Gasteiger partial charge < -0.3 is 19.9 Å². The molecule has 1 aromatic rings. The van der Waals surface area contributed by atoms with Crippen molar-refractivity contribution >= 4 is 5.57 Å². The molecule has 0 spiro atoms. The molecule has 0 unspecified atom stereocenters. The molecule has 0 aromatic heterocycles. The minimum atomic E-state index is 0.0542. The molecule has 0 saturated heterocycles. The average Bonchev–Trinajstić information content (AvgIpc) is 2.49. The summed E-state index contributed by atoms with van der Waals surface area (Å²) >= 11 is 0. The number of aliphatic hydroxyl groups excluding tert-OH is 1. The molecule has 0 fully saturated rings. The molecule has 0 bridgehead atoms. The molecule has 1 aliphatic heterocycles. The van der Waals surface area contributed by atoms with E-state index in [1.165, 1.54) is 11.1 Å². The lowest BCUT2D eigenvalue weighted by molar-refractivity contribution is 0.0705. The normalized spacial score (nSPS) is 15.1. The summed E-state index contributed by atoms with van der Waals surface area (Å²) in [5.74, 6) is 0.853. The Morgan fingerprint density at radius 3 is 2.63 bits per heavy atom. The van der Waals surface area contributed by atoms with E-state index in [1.807, 2.05) is 12.1 Å². The molecule has 0 amide bonds. The highest BCUT2D eigenvalue weighted by Gasteiger charge is 2.05. The second-order valence-corrected chi connectivity index (χ2v) is 4.39. The third kappa shape index (κ3) is 4.67. The summed E-state index contributed by atoms with van der Waals surface area (Å²) in [7, 11) is 0. The van der Waals surface area contributed by atoms with Crippen molar-refractivity contribution in [2.24, 2.45) is 0 Å². The standard InChI is InChI=1S/C15H21NO3/c17-9-10-18-11-12-19-15-3-1-13(2-4-15)14-5-7-16-8-6-14/h1-5,16-17H,6-12H2. The Kier molecular flexibility index (Phi) is 5.88. The second kappa shape index (κ2) is 7.94. The molecule has 104 valence electrons. The molecular formula is C15H21NO3. The highest BCUT2D eigenvalue weighted by Crippen LogP contribution is 2.22. The van der Waals surface area contributed by atoms with Crippen LogP contribution in [-0.4, -0.2) is 44.6 Å². The summed E-state index contributed by atoms with van der Waals surface area (Å²) < 4.78 is 10.7. The van der Waals surface area contributed by atoms with Crippen LogP contribution < -0.4 is 10.1 Å². The molecule has 2 N–H and O–H groups in total. The fourth-order valence-corrected chi connectivity index (χ4v) is 2.04. The minimum Gasteiger partial charge on any atom is -0.491 e. The average molecular weight is 263 g/mol. The zero-order valence-electron chi connectivity index (χ0n) is 11.1. The topological polar surface area (TPSA) is 50.7 Å². The van der Waals surface area contributed by atoms with E-state index < -0.39 is 0 Å². The van der Waals surface area contributed by atoms with E-state index in [1.54, 1.807) is 0 Å². The van der Waals surface area contributed by atoms with Gasteiger partial charge in [0, 0.05) is 6.54 Å². The van der Waals surface area contributed by atoms with Crippen LogP contribution in [0, 0.1) is 0 Å². The first kappa shape index (κ1) is 14.1. The fraction of sp³-hybridized carbons (Fsp3) is 0.467. The molecule has 1 aromatic carbocycles. The molecule has 4 heteroatoms. The van der Waals surface area contributed by atoms with Crippen LogP contribution in [-0.2, 0) is 4.74 Å². The Labute approximate surface area is 114 Å². The van der Waals surface area contributed by atoms with E-state index in [-0.39, 0.29) is 6.61 Å². The largest absolute Gasteiger partial charge is 0.491 e. The number of hydrogen-bond donors (Lipinski definition) is 2. The summed E-state index contributed by atoms with van der Waals surface area (Å²) in [5.41, 5.74) is 2.67. The quantitative estimate of drug-likeness (QED) is 0.731. The SMILES string of the molecule is OCCOCCOc1ccc(C2=CCNCC2)cc1. The van der Waals surface area contributed by atoms with Crippen LogP contribution in [0.5, 0.6) is 5.75 Å². The highest BCUT2D eigenvalue weighted by molar-refractivity contribution is 5.67. The van der Waals surface area contributed by atoms with Crippen LogP contribution in [0.25, 0.3) is 5.57 Å². The van der Waals surface area contributed by atoms with E-state index in [9.17, 15) is 0 Å². The van der Waals surface area contributed by atoms with E-state index in [0.29, 0.717) is 19.8 Å².